The van der Waals surface area contributed by atoms with E-state index in [2.05, 4.69) is 15.0 Å². The zero-order valence-corrected chi connectivity index (χ0v) is 14.3. The number of nitrogens with zero attached hydrogens (tertiary/aromatic N) is 2. The zero-order valence-electron chi connectivity index (χ0n) is 14.3. The van der Waals surface area contributed by atoms with E-state index in [0.29, 0.717) is 17.3 Å². The second kappa shape index (κ2) is 6.14. The van der Waals surface area contributed by atoms with Crippen LogP contribution in [0.2, 0.25) is 0 Å². The van der Waals surface area contributed by atoms with Crippen molar-refractivity contribution in [3.05, 3.63) is 34.8 Å². The van der Waals surface area contributed by atoms with Crippen molar-refractivity contribution >= 4 is 17.8 Å². The third-order valence-corrected chi connectivity index (χ3v) is 4.14. The summed E-state index contributed by atoms with van der Waals surface area (Å²) in [6.45, 7) is 7.16. The summed E-state index contributed by atoms with van der Waals surface area (Å²) in [6, 6.07) is 3.90. The van der Waals surface area contributed by atoms with Gasteiger partial charge in [-0.05, 0) is 46.6 Å². The molecule has 7 nitrogen and oxygen atoms in total. The van der Waals surface area contributed by atoms with Gasteiger partial charge in [0.2, 0.25) is 5.88 Å². The average Bonchev–Trinajstić information content (AvgIpc) is 3.19. The largest absolute Gasteiger partial charge is 0.449 e. The Morgan fingerprint density at radius 1 is 1.33 bits per heavy atom. The minimum atomic E-state index is -0.938. The van der Waals surface area contributed by atoms with E-state index in [0.717, 1.165) is 24.2 Å². The molecule has 1 fully saturated rings. The molecule has 0 spiro atoms. The van der Waals surface area contributed by atoms with Crippen molar-refractivity contribution in [1.29, 1.82) is 0 Å². The van der Waals surface area contributed by atoms with Gasteiger partial charge in [0.25, 0.3) is 5.91 Å². The average molecular weight is 331 g/mol. The Hall–Kier alpha value is -2.57. The van der Waals surface area contributed by atoms with Crippen molar-refractivity contribution < 1.29 is 18.8 Å². The number of rotatable bonds is 5. The highest BCUT2D eigenvalue weighted by molar-refractivity contribution is 5.97. The number of ether oxygens (including phenoxy) is 1. The van der Waals surface area contributed by atoms with E-state index in [1.165, 1.54) is 6.92 Å². The molecule has 1 atom stereocenters. The molecule has 1 aliphatic rings. The van der Waals surface area contributed by atoms with Gasteiger partial charge in [-0.3, -0.25) is 10.1 Å². The van der Waals surface area contributed by atoms with Crippen LogP contribution in [0.1, 0.15) is 53.2 Å². The first-order chi connectivity index (χ1) is 11.4. The zero-order chi connectivity index (χ0) is 17.4. The summed E-state index contributed by atoms with van der Waals surface area (Å²) in [4.78, 5) is 24.5. The van der Waals surface area contributed by atoms with Crippen LogP contribution in [0.4, 0.5) is 5.88 Å². The molecule has 2 aromatic heterocycles. The van der Waals surface area contributed by atoms with Crippen molar-refractivity contribution in [3.8, 4) is 0 Å². The van der Waals surface area contributed by atoms with Gasteiger partial charge >= 0.3 is 5.97 Å². The third kappa shape index (κ3) is 3.20. The molecule has 0 radical (unpaired) electrons. The predicted octanol–water partition coefficient (Wildman–Crippen LogP) is 2.92. The van der Waals surface area contributed by atoms with E-state index in [9.17, 15) is 9.59 Å². The Morgan fingerprint density at radius 2 is 2.04 bits per heavy atom. The molecular weight excluding hydrogens is 310 g/mol. The smallest absolute Gasteiger partial charge is 0.340 e. The number of hydrogen-bond donors (Lipinski definition) is 1. The highest BCUT2D eigenvalue weighted by Gasteiger charge is 2.29. The van der Waals surface area contributed by atoms with E-state index < -0.39 is 18.0 Å². The molecular formula is C17H21N3O4. The summed E-state index contributed by atoms with van der Waals surface area (Å²) >= 11 is 0. The van der Waals surface area contributed by atoms with Crippen LogP contribution in [0, 0.1) is 20.8 Å². The normalized spacial score (nSPS) is 15.2. The van der Waals surface area contributed by atoms with Gasteiger partial charge < -0.3 is 13.8 Å². The molecule has 0 aromatic carbocycles. The molecule has 2 aromatic rings. The molecule has 1 amide bonds. The van der Waals surface area contributed by atoms with Crippen LogP contribution >= 0.6 is 0 Å². The first-order valence-corrected chi connectivity index (χ1v) is 8.00. The van der Waals surface area contributed by atoms with Gasteiger partial charge in [-0.15, -0.1) is 0 Å². The standard InChI is InChI=1S/C17H21N3O4/c1-9-7-15(24-19-9)18-16(21)12(4)23-17(22)14-8-10(2)20(11(14)3)13-5-6-13/h7-8,12-13H,5-6H2,1-4H3,(H,18,21)/t12-/m1/s1. The quantitative estimate of drug-likeness (QED) is 0.851. The Kier molecular flexibility index (Phi) is 4.17. The monoisotopic (exact) mass is 331 g/mol. The number of esters is 1. The SMILES string of the molecule is Cc1cc(NC(=O)[C@@H](C)OC(=O)c2cc(C)n(C3CC3)c2C)on1. The fourth-order valence-electron chi connectivity index (χ4n) is 2.80. The predicted molar refractivity (Wildman–Crippen MR) is 86.9 cm³/mol. The molecule has 2 heterocycles. The lowest BCUT2D eigenvalue weighted by molar-refractivity contribution is -0.123. The Labute approximate surface area is 140 Å². The maximum absolute atomic E-state index is 12.4. The van der Waals surface area contributed by atoms with E-state index in [4.69, 9.17) is 9.26 Å². The molecule has 0 aliphatic heterocycles. The lowest BCUT2D eigenvalue weighted by atomic mass is 10.2. The Morgan fingerprint density at radius 3 is 2.62 bits per heavy atom. The lowest BCUT2D eigenvalue weighted by Gasteiger charge is -2.12. The van der Waals surface area contributed by atoms with E-state index in [-0.39, 0.29) is 5.88 Å². The second-order valence-corrected chi connectivity index (χ2v) is 6.26. The first kappa shape index (κ1) is 16.3. The lowest BCUT2D eigenvalue weighted by Crippen LogP contribution is -2.30. The number of amides is 1. The number of nitrogens with one attached hydrogen (secondary N) is 1. The van der Waals surface area contributed by atoms with Crippen molar-refractivity contribution in [2.75, 3.05) is 5.32 Å². The summed E-state index contributed by atoms with van der Waals surface area (Å²) in [5.41, 5.74) is 3.09. The Bertz CT molecular complexity index is 786. The summed E-state index contributed by atoms with van der Waals surface area (Å²) in [5.74, 6) is -0.728. The van der Waals surface area contributed by atoms with Crippen LogP contribution in [0.3, 0.4) is 0 Å². The summed E-state index contributed by atoms with van der Waals surface area (Å²) in [6.07, 6.45) is 1.34. The van der Waals surface area contributed by atoms with Crippen molar-refractivity contribution in [2.24, 2.45) is 0 Å². The summed E-state index contributed by atoms with van der Waals surface area (Å²) < 4.78 is 12.4. The van der Waals surface area contributed by atoms with Crippen LogP contribution in [0.5, 0.6) is 0 Å². The van der Waals surface area contributed by atoms with Gasteiger partial charge in [0.1, 0.15) is 0 Å². The molecule has 7 heteroatoms. The topological polar surface area (TPSA) is 86.4 Å². The summed E-state index contributed by atoms with van der Waals surface area (Å²) in [5, 5.41) is 6.21. The van der Waals surface area contributed by atoms with Crippen molar-refractivity contribution in [1.82, 2.24) is 9.72 Å². The molecule has 1 saturated carbocycles. The number of hydrogen-bond acceptors (Lipinski definition) is 5. The molecule has 1 aliphatic carbocycles. The van der Waals surface area contributed by atoms with E-state index in [1.54, 1.807) is 13.0 Å². The number of aryl methyl sites for hydroxylation is 2. The maximum atomic E-state index is 12.4. The minimum Gasteiger partial charge on any atom is -0.449 e. The molecule has 0 unspecified atom stereocenters. The van der Waals surface area contributed by atoms with Gasteiger partial charge in [-0.25, -0.2) is 4.79 Å². The maximum Gasteiger partial charge on any atom is 0.340 e. The second-order valence-electron chi connectivity index (χ2n) is 6.26. The van der Waals surface area contributed by atoms with E-state index in [1.807, 2.05) is 19.9 Å². The van der Waals surface area contributed by atoms with Crippen molar-refractivity contribution in [2.45, 2.75) is 52.7 Å². The summed E-state index contributed by atoms with van der Waals surface area (Å²) in [7, 11) is 0. The van der Waals surface area contributed by atoms with Gasteiger partial charge in [-0.1, -0.05) is 5.16 Å². The Balaban J connectivity index is 1.65. The van der Waals surface area contributed by atoms with Gasteiger partial charge in [0.15, 0.2) is 6.10 Å². The molecule has 24 heavy (non-hydrogen) atoms. The third-order valence-electron chi connectivity index (χ3n) is 4.14. The molecule has 3 rings (SSSR count). The highest BCUT2D eigenvalue weighted by Crippen LogP contribution is 2.38. The fourth-order valence-corrected chi connectivity index (χ4v) is 2.80. The number of aromatic nitrogens is 2. The molecule has 0 saturated heterocycles. The van der Waals surface area contributed by atoms with Crippen LogP contribution in [0.15, 0.2) is 16.7 Å². The van der Waals surface area contributed by atoms with Gasteiger partial charge in [0.05, 0.1) is 11.3 Å². The minimum absolute atomic E-state index is 0.229. The number of anilines is 1. The van der Waals surface area contributed by atoms with Crippen LogP contribution in [-0.2, 0) is 9.53 Å². The first-order valence-electron chi connectivity index (χ1n) is 8.00. The van der Waals surface area contributed by atoms with Gasteiger partial charge in [-0.2, -0.15) is 0 Å². The van der Waals surface area contributed by atoms with E-state index >= 15 is 0 Å². The van der Waals surface area contributed by atoms with Crippen LogP contribution in [-0.4, -0.2) is 27.7 Å². The highest BCUT2D eigenvalue weighted by atomic mass is 16.5. The van der Waals surface area contributed by atoms with Crippen LogP contribution in [0.25, 0.3) is 0 Å². The van der Waals surface area contributed by atoms with Crippen molar-refractivity contribution in [3.63, 3.8) is 0 Å². The fraction of sp³-hybridized carbons (Fsp3) is 0.471. The number of carbonyl (C=O) groups excluding carboxylic acids is 2. The number of carbonyl (C=O) groups is 2. The van der Waals surface area contributed by atoms with Crippen LogP contribution < -0.4 is 5.32 Å². The molecule has 1 N–H and O–H groups in total. The van der Waals surface area contributed by atoms with Gasteiger partial charge in [0, 0.05) is 23.5 Å². The molecule has 0 bridgehead atoms. The molecule has 128 valence electrons.